The van der Waals surface area contributed by atoms with Crippen molar-refractivity contribution in [3.8, 4) is 0 Å². The van der Waals surface area contributed by atoms with Gasteiger partial charge in [-0.15, -0.1) is 0 Å². The zero-order valence-corrected chi connectivity index (χ0v) is 22.4. The van der Waals surface area contributed by atoms with E-state index in [1.165, 1.54) is 0 Å². The van der Waals surface area contributed by atoms with Crippen molar-refractivity contribution in [2.75, 3.05) is 37.8 Å². The van der Waals surface area contributed by atoms with Gasteiger partial charge in [-0.05, 0) is 73.3 Å². The van der Waals surface area contributed by atoms with Crippen molar-refractivity contribution in [1.82, 2.24) is 9.80 Å². The van der Waals surface area contributed by atoms with E-state index in [2.05, 4.69) is 29.4 Å². The number of nitrogens with zero attached hydrogens (tertiary/aromatic N) is 2. The van der Waals surface area contributed by atoms with Gasteiger partial charge in [0, 0.05) is 30.9 Å². The van der Waals surface area contributed by atoms with Crippen LogP contribution < -0.4 is 5.32 Å². The Kier molecular flexibility index (Phi) is 7.63. The average molecular weight is 532 g/mol. The summed E-state index contributed by atoms with van der Waals surface area (Å²) in [5, 5.41) is 2.87. The molecule has 1 saturated carbocycles. The summed E-state index contributed by atoms with van der Waals surface area (Å²) in [6, 6.07) is 23.6. The number of anilines is 1. The second-order valence-corrected chi connectivity index (χ2v) is 12.4. The second-order valence-electron chi connectivity index (χ2n) is 10.4. The predicted octanol–water partition coefficient (Wildman–Crippen LogP) is 4.18. The summed E-state index contributed by atoms with van der Waals surface area (Å²) in [5.74, 6) is 0.258. The van der Waals surface area contributed by atoms with Gasteiger partial charge >= 0.3 is 0 Å². The van der Waals surface area contributed by atoms with Crippen LogP contribution in [-0.4, -0.2) is 62.5 Å². The molecule has 1 unspecified atom stereocenters. The van der Waals surface area contributed by atoms with Crippen molar-refractivity contribution in [2.24, 2.45) is 5.92 Å². The third kappa shape index (κ3) is 6.31. The molecule has 1 aliphatic carbocycles. The molecule has 3 aromatic carbocycles. The van der Waals surface area contributed by atoms with Crippen LogP contribution in [0.1, 0.15) is 40.4 Å². The molecule has 1 atom stereocenters. The van der Waals surface area contributed by atoms with Gasteiger partial charge in [-0.2, -0.15) is 0 Å². The maximum Gasteiger partial charge on any atom is 0.254 e. The van der Waals surface area contributed by atoms with Gasteiger partial charge in [0.25, 0.3) is 5.91 Å². The Bertz CT molecular complexity index is 1390. The fourth-order valence-corrected chi connectivity index (χ4v) is 6.58. The molecule has 198 valence electrons. The average Bonchev–Trinajstić information content (AvgIpc) is 3.73. The fraction of sp³-hybridized carbons (Fsp3) is 0.333. The number of hydrogen-bond acceptors (Lipinski definition) is 5. The number of carbonyl (C=O) groups excluding carboxylic acids is 2. The molecule has 2 fully saturated rings. The van der Waals surface area contributed by atoms with E-state index in [0.29, 0.717) is 28.6 Å². The van der Waals surface area contributed by atoms with E-state index in [0.717, 1.165) is 37.1 Å². The molecule has 1 saturated heterocycles. The van der Waals surface area contributed by atoms with Crippen molar-refractivity contribution in [1.29, 1.82) is 0 Å². The van der Waals surface area contributed by atoms with E-state index in [-0.39, 0.29) is 30.0 Å². The molecule has 7 nitrogen and oxygen atoms in total. The van der Waals surface area contributed by atoms with E-state index in [1.807, 2.05) is 23.1 Å². The van der Waals surface area contributed by atoms with Gasteiger partial charge in [-0.1, -0.05) is 42.5 Å². The molecule has 3 aromatic rings. The lowest BCUT2D eigenvalue weighted by atomic mass is 10.0. The Balaban J connectivity index is 1.19. The van der Waals surface area contributed by atoms with E-state index in [4.69, 9.17) is 0 Å². The lowest BCUT2D eigenvalue weighted by Crippen LogP contribution is -2.49. The molecule has 5 rings (SSSR count). The van der Waals surface area contributed by atoms with Gasteiger partial charge in [-0.25, -0.2) is 8.42 Å². The molecule has 0 aromatic heterocycles. The van der Waals surface area contributed by atoms with Gasteiger partial charge in [-0.3, -0.25) is 9.59 Å². The zero-order chi connectivity index (χ0) is 26.7. The van der Waals surface area contributed by atoms with Crippen LogP contribution in [0.4, 0.5) is 5.69 Å². The SMILES string of the molecule is CN1CCN(C(=O)c2ccc(NC(=O)Cc3ccc(S(=O)(=O)CC4CC4)cc3)cc2)C(c2ccccc2)C1. The Morgan fingerprint density at radius 1 is 0.895 bits per heavy atom. The molecule has 2 aliphatic rings. The number of carbonyl (C=O) groups is 2. The number of rotatable bonds is 8. The topological polar surface area (TPSA) is 86.8 Å². The normalized spacial score (nSPS) is 18.2. The summed E-state index contributed by atoms with van der Waals surface area (Å²) in [6.45, 7) is 2.24. The molecule has 2 amide bonds. The summed E-state index contributed by atoms with van der Waals surface area (Å²) in [7, 11) is -1.20. The molecule has 0 bridgehead atoms. The quantitative estimate of drug-likeness (QED) is 0.471. The molecular weight excluding hydrogens is 498 g/mol. The summed E-state index contributed by atoms with van der Waals surface area (Å²) >= 11 is 0. The Morgan fingerprint density at radius 2 is 1.58 bits per heavy atom. The van der Waals surface area contributed by atoms with Gasteiger partial charge in [0.05, 0.1) is 23.1 Å². The monoisotopic (exact) mass is 531 g/mol. The van der Waals surface area contributed by atoms with Crippen molar-refractivity contribution in [3.63, 3.8) is 0 Å². The van der Waals surface area contributed by atoms with E-state index >= 15 is 0 Å². The standard InChI is InChI=1S/C30H33N3O4S/c1-32-17-18-33(28(20-32)24-5-3-2-4-6-24)30(35)25-11-13-26(14-12-25)31-29(34)19-22-9-15-27(16-10-22)38(36,37)21-23-7-8-23/h2-6,9-16,23,28H,7-8,17-21H2,1H3,(H,31,34). The van der Waals surface area contributed by atoms with Crippen molar-refractivity contribution in [3.05, 3.63) is 95.6 Å². The predicted molar refractivity (Wildman–Crippen MR) is 148 cm³/mol. The first-order chi connectivity index (χ1) is 18.3. The zero-order valence-electron chi connectivity index (χ0n) is 21.5. The molecule has 1 aliphatic heterocycles. The molecule has 1 heterocycles. The van der Waals surface area contributed by atoms with E-state index in [1.54, 1.807) is 48.5 Å². The van der Waals surface area contributed by atoms with Gasteiger partial charge < -0.3 is 15.1 Å². The molecule has 0 spiro atoms. The first-order valence-corrected chi connectivity index (χ1v) is 14.7. The van der Waals surface area contributed by atoms with Crippen LogP contribution >= 0.6 is 0 Å². The highest BCUT2D eigenvalue weighted by molar-refractivity contribution is 7.91. The maximum atomic E-state index is 13.4. The largest absolute Gasteiger partial charge is 0.329 e. The minimum absolute atomic E-state index is 0.0167. The van der Waals surface area contributed by atoms with Crippen molar-refractivity contribution < 1.29 is 18.0 Å². The summed E-state index contributed by atoms with van der Waals surface area (Å²) in [5.41, 5.74) is 3.04. The molecule has 1 N–H and O–H groups in total. The Hall–Kier alpha value is -3.49. The number of sulfone groups is 1. The van der Waals surface area contributed by atoms with Gasteiger partial charge in [0.1, 0.15) is 0 Å². The summed E-state index contributed by atoms with van der Waals surface area (Å²) in [6.07, 6.45) is 2.09. The molecular formula is C30H33N3O4S. The van der Waals surface area contributed by atoms with Crippen LogP contribution in [0, 0.1) is 5.92 Å². The number of nitrogens with one attached hydrogen (secondary N) is 1. The number of piperazine rings is 1. The van der Waals surface area contributed by atoms with Gasteiger partial charge in [0.15, 0.2) is 9.84 Å². The van der Waals surface area contributed by atoms with Crippen LogP contribution in [0.2, 0.25) is 0 Å². The van der Waals surface area contributed by atoms with Crippen LogP contribution in [-0.2, 0) is 21.1 Å². The summed E-state index contributed by atoms with van der Waals surface area (Å²) < 4.78 is 24.9. The van der Waals surface area contributed by atoms with Crippen molar-refractivity contribution in [2.45, 2.75) is 30.2 Å². The van der Waals surface area contributed by atoms with E-state index < -0.39 is 9.84 Å². The number of amides is 2. The second kappa shape index (κ2) is 11.1. The van der Waals surface area contributed by atoms with Crippen LogP contribution in [0.15, 0.2) is 83.8 Å². The minimum Gasteiger partial charge on any atom is -0.329 e. The highest BCUT2D eigenvalue weighted by Gasteiger charge is 2.31. The third-order valence-corrected chi connectivity index (χ3v) is 9.14. The van der Waals surface area contributed by atoms with E-state index in [9.17, 15) is 18.0 Å². The first kappa shape index (κ1) is 26.1. The number of hydrogen-bond donors (Lipinski definition) is 1. The molecule has 0 radical (unpaired) electrons. The lowest BCUT2D eigenvalue weighted by molar-refractivity contribution is -0.115. The lowest BCUT2D eigenvalue weighted by Gasteiger charge is -2.40. The number of benzene rings is 3. The van der Waals surface area contributed by atoms with Crippen LogP contribution in [0.25, 0.3) is 0 Å². The first-order valence-electron chi connectivity index (χ1n) is 13.0. The van der Waals surface area contributed by atoms with Gasteiger partial charge in [0.2, 0.25) is 5.91 Å². The molecule has 8 heteroatoms. The molecule has 38 heavy (non-hydrogen) atoms. The Morgan fingerprint density at radius 3 is 2.24 bits per heavy atom. The van der Waals surface area contributed by atoms with Crippen molar-refractivity contribution >= 4 is 27.3 Å². The summed E-state index contributed by atoms with van der Waals surface area (Å²) in [4.78, 5) is 30.5. The highest BCUT2D eigenvalue weighted by atomic mass is 32.2. The van der Waals surface area contributed by atoms with Crippen LogP contribution in [0.5, 0.6) is 0 Å². The minimum atomic E-state index is -3.27. The maximum absolute atomic E-state index is 13.4. The highest BCUT2D eigenvalue weighted by Crippen LogP contribution is 2.32. The van der Waals surface area contributed by atoms with Crippen LogP contribution in [0.3, 0.4) is 0 Å². The smallest absolute Gasteiger partial charge is 0.254 e. The Labute approximate surface area is 224 Å². The fourth-order valence-electron chi connectivity index (χ4n) is 4.88. The third-order valence-electron chi connectivity index (χ3n) is 7.24. The number of likely N-dealkylation sites (N-methyl/N-ethyl adjacent to an activating group) is 1.